The molecule has 1 aromatic heterocycles. The molecule has 3 unspecified atom stereocenters. The van der Waals surface area contributed by atoms with E-state index in [-0.39, 0.29) is 0 Å². The average molecular weight is 308 g/mol. The highest BCUT2D eigenvalue weighted by molar-refractivity contribution is 6.42. The summed E-state index contributed by atoms with van der Waals surface area (Å²) < 4.78 is 0. The minimum absolute atomic E-state index is 0.292. The van der Waals surface area contributed by atoms with E-state index in [9.17, 15) is 0 Å². The number of rotatable bonds is 2. The van der Waals surface area contributed by atoms with Gasteiger partial charge in [-0.1, -0.05) is 48.7 Å². The third-order valence-corrected chi connectivity index (χ3v) is 4.79. The molecule has 1 heterocycles. The molecule has 1 aliphatic carbocycles. The number of hydrogen-bond donors (Lipinski definition) is 1. The Morgan fingerprint density at radius 3 is 2.50 bits per heavy atom. The van der Waals surface area contributed by atoms with Crippen LogP contribution >= 0.6 is 34.8 Å². The van der Waals surface area contributed by atoms with Gasteiger partial charge in [-0.15, -0.1) is 0 Å². The first-order valence-electron chi connectivity index (χ1n) is 6.25. The van der Waals surface area contributed by atoms with Crippen molar-refractivity contribution >= 4 is 40.6 Å². The smallest absolute Gasteiger partial charge is 0.150 e. The van der Waals surface area contributed by atoms with Gasteiger partial charge < -0.3 is 5.32 Å². The number of nitrogens with zero attached hydrogens (tertiary/aromatic N) is 1. The Bertz CT molecular complexity index is 436. The summed E-state index contributed by atoms with van der Waals surface area (Å²) in [6.07, 6.45) is 3.51. The van der Waals surface area contributed by atoms with Crippen LogP contribution < -0.4 is 5.32 Å². The van der Waals surface area contributed by atoms with Crippen molar-refractivity contribution < 1.29 is 0 Å². The lowest BCUT2D eigenvalue weighted by atomic mass is 9.79. The van der Waals surface area contributed by atoms with Crippen LogP contribution in [-0.2, 0) is 0 Å². The van der Waals surface area contributed by atoms with Crippen molar-refractivity contribution in [1.29, 1.82) is 0 Å². The normalized spacial score (nSPS) is 28.2. The lowest BCUT2D eigenvalue weighted by Crippen LogP contribution is -2.30. The van der Waals surface area contributed by atoms with E-state index < -0.39 is 0 Å². The van der Waals surface area contributed by atoms with Gasteiger partial charge in [0.2, 0.25) is 0 Å². The summed E-state index contributed by atoms with van der Waals surface area (Å²) in [5, 5.41) is 4.59. The molecule has 1 N–H and O–H groups in total. The summed E-state index contributed by atoms with van der Waals surface area (Å²) in [5.41, 5.74) is 0. The quantitative estimate of drug-likeness (QED) is 0.752. The Labute approximate surface area is 123 Å². The van der Waals surface area contributed by atoms with Gasteiger partial charge in [0.05, 0.1) is 10.0 Å². The van der Waals surface area contributed by atoms with Crippen molar-refractivity contribution in [2.24, 2.45) is 11.8 Å². The minimum atomic E-state index is 0.292. The second kappa shape index (κ2) is 5.85. The van der Waals surface area contributed by atoms with Gasteiger partial charge in [0, 0.05) is 6.04 Å². The van der Waals surface area contributed by atoms with E-state index in [0.717, 1.165) is 24.7 Å². The maximum Gasteiger partial charge on any atom is 0.150 e. The number of halogens is 3. The van der Waals surface area contributed by atoms with Gasteiger partial charge in [-0.2, -0.15) is 0 Å². The van der Waals surface area contributed by atoms with E-state index >= 15 is 0 Å². The molecular formula is C13H17Cl3N2. The molecule has 0 radical (unpaired) electrons. The van der Waals surface area contributed by atoms with Gasteiger partial charge in [0.15, 0.2) is 0 Å². The van der Waals surface area contributed by atoms with Gasteiger partial charge >= 0.3 is 0 Å². The summed E-state index contributed by atoms with van der Waals surface area (Å²) in [4.78, 5) is 4.20. The lowest BCUT2D eigenvalue weighted by Gasteiger charge is -2.33. The molecule has 1 saturated carbocycles. The first kappa shape index (κ1) is 14.2. The monoisotopic (exact) mass is 306 g/mol. The molecule has 1 aliphatic rings. The summed E-state index contributed by atoms with van der Waals surface area (Å²) in [7, 11) is 0. The molecule has 0 aromatic carbocycles. The molecular weight excluding hydrogens is 291 g/mol. The topological polar surface area (TPSA) is 24.9 Å². The molecule has 5 heteroatoms. The van der Waals surface area contributed by atoms with Gasteiger partial charge in [-0.25, -0.2) is 4.98 Å². The number of hydrogen-bond acceptors (Lipinski definition) is 2. The first-order valence-corrected chi connectivity index (χ1v) is 7.39. The van der Waals surface area contributed by atoms with Crippen LogP contribution in [0.15, 0.2) is 6.07 Å². The Balaban J connectivity index is 2.08. The van der Waals surface area contributed by atoms with Crippen molar-refractivity contribution in [3.63, 3.8) is 0 Å². The van der Waals surface area contributed by atoms with Crippen molar-refractivity contribution in [3.05, 3.63) is 21.3 Å². The van der Waals surface area contributed by atoms with Crippen LogP contribution in [0.3, 0.4) is 0 Å². The maximum absolute atomic E-state index is 6.12. The Kier molecular flexibility index (Phi) is 4.63. The zero-order valence-electron chi connectivity index (χ0n) is 10.5. The van der Waals surface area contributed by atoms with Crippen molar-refractivity contribution in [3.8, 4) is 0 Å². The highest BCUT2D eigenvalue weighted by Gasteiger charge is 2.25. The summed E-state index contributed by atoms with van der Waals surface area (Å²) in [6.45, 7) is 4.60. The van der Waals surface area contributed by atoms with Gasteiger partial charge in [0.1, 0.15) is 11.0 Å². The lowest BCUT2D eigenvalue weighted by molar-refractivity contribution is 0.260. The number of nitrogens with one attached hydrogen (secondary N) is 1. The van der Waals surface area contributed by atoms with E-state index in [1.54, 1.807) is 6.07 Å². The zero-order valence-corrected chi connectivity index (χ0v) is 12.8. The van der Waals surface area contributed by atoms with Crippen molar-refractivity contribution in [2.45, 2.75) is 39.2 Å². The van der Waals surface area contributed by atoms with Crippen LogP contribution in [-0.4, -0.2) is 11.0 Å². The highest BCUT2D eigenvalue weighted by Crippen LogP contribution is 2.34. The van der Waals surface area contributed by atoms with Crippen LogP contribution in [0.4, 0.5) is 5.82 Å². The van der Waals surface area contributed by atoms with E-state index in [4.69, 9.17) is 34.8 Å². The first-order chi connectivity index (χ1) is 8.47. The van der Waals surface area contributed by atoms with Crippen LogP contribution in [0, 0.1) is 11.8 Å². The molecule has 0 saturated heterocycles. The molecule has 2 nitrogen and oxygen atoms in total. The molecule has 0 spiro atoms. The third-order valence-electron chi connectivity index (χ3n) is 3.83. The third kappa shape index (κ3) is 3.23. The molecule has 1 aromatic rings. The summed E-state index contributed by atoms with van der Waals surface area (Å²) in [5.74, 6) is 2.15. The fourth-order valence-corrected chi connectivity index (χ4v) is 2.97. The zero-order chi connectivity index (χ0) is 13.3. The van der Waals surface area contributed by atoms with Crippen molar-refractivity contribution in [1.82, 2.24) is 4.98 Å². The molecule has 0 aliphatic heterocycles. The molecule has 0 bridgehead atoms. The van der Waals surface area contributed by atoms with E-state index in [2.05, 4.69) is 24.1 Å². The second-order valence-corrected chi connectivity index (χ2v) is 6.37. The fraction of sp³-hybridized carbons (Fsp3) is 0.615. The van der Waals surface area contributed by atoms with E-state index in [1.807, 2.05) is 0 Å². The largest absolute Gasteiger partial charge is 0.366 e. The molecule has 3 atom stereocenters. The molecule has 1 fully saturated rings. The van der Waals surface area contributed by atoms with E-state index in [0.29, 0.717) is 27.1 Å². The second-order valence-electron chi connectivity index (χ2n) is 5.20. The molecule has 2 rings (SSSR count). The Hall–Kier alpha value is -0.180. The SMILES string of the molecule is CC1CCC(Nc2nc(Cl)c(Cl)cc2Cl)CC1C. The van der Waals surface area contributed by atoms with Crippen LogP contribution in [0.25, 0.3) is 0 Å². The number of aromatic nitrogens is 1. The predicted octanol–water partition coefficient (Wildman–Crippen LogP) is 5.28. The standard InChI is InChI=1S/C13H17Cl3N2/c1-7-3-4-9(5-8(7)2)17-13-11(15)6-10(14)12(16)18-13/h6-9H,3-5H2,1-2H3,(H,17,18). The molecule has 0 amide bonds. The Morgan fingerprint density at radius 1 is 1.11 bits per heavy atom. The van der Waals surface area contributed by atoms with Gasteiger partial charge in [0.25, 0.3) is 0 Å². The minimum Gasteiger partial charge on any atom is -0.366 e. The maximum atomic E-state index is 6.12. The van der Waals surface area contributed by atoms with Crippen LogP contribution in [0.5, 0.6) is 0 Å². The van der Waals surface area contributed by atoms with E-state index in [1.165, 1.54) is 6.42 Å². The van der Waals surface area contributed by atoms with Crippen molar-refractivity contribution in [2.75, 3.05) is 5.32 Å². The van der Waals surface area contributed by atoms with Gasteiger partial charge in [-0.3, -0.25) is 0 Å². The average Bonchev–Trinajstić information content (AvgIpc) is 2.31. The summed E-state index contributed by atoms with van der Waals surface area (Å²) >= 11 is 17.9. The number of pyridine rings is 1. The number of anilines is 1. The molecule has 18 heavy (non-hydrogen) atoms. The highest BCUT2D eigenvalue weighted by atomic mass is 35.5. The van der Waals surface area contributed by atoms with Crippen LogP contribution in [0.1, 0.15) is 33.1 Å². The summed E-state index contributed by atoms with van der Waals surface area (Å²) in [6, 6.07) is 2.05. The molecule has 100 valence electrons. The van der Waals surface area contributed by atoms with Gasteiger partial charge in [-0.05, 0) is 37.2 Å². The fourth-order valence-electron chi connectivity index (χ4n) is 2.42. The predicted molar refractivity (Wildman–Crippen MR) is 78.9 cm³/mol. The Morgan fingerprint density at radius 2 is 1.83 bits per heavy atom. The van der Waals surface area contributed by atoms with Crippen LogP contribution in [0.2, 0.25) is 15.2 Å².